The number of methoxy groups -OCH3 is 1. The molecule has 0 aliphatic rings. The molecule has 0 fully saturated rings. The first kappa shape index (κ1) is 13.0. The van der Waals surface area contributed by atoms with E-state index in [-0.39, 0.29) is 0 Å². The van der Waals surface area contributed by atoms with Crippen LogP contribution in [0.1, 0.15) is 18.1 Å². The van der Waals surface area contributed by atoms with Crippen LogP contribution in [-0.4, -0.2) is 18.2 Å². The summed E-state index contributed by atoms with van der Waals surface area (Å²) >= 11 is 3.44. The highest BCUT2D eigenvalue weighted by molar-refractivity contribution is 9.10. The maximum Gasteiger partial charge on any atom is 0.306 e. The highest BCUT2D eigenvalue weighted by Crippen LogP contribution is 2.28. The molecule has 0 saturated carbocycles. The molecule has 16 heavy (non-hydrogen) atoms. The molecule has 1 atom stereocenters. The maximum atomic E-state index is 10.8. The van der Waals surface area contributed by atoms with Gasteiger partial charge in [-0.15, -0.1) is 0 Å². The van der Waals surface area contributed by atoms with Crippen molar-refractivity contribution in [2.75, 3.05) is 7.11 Å². The van der Waals surface area contributed by atoms with Crippen LogP contribution in [0.2, 0.25) is 0 Å². The van der Waals surface area contributed by atoms with Gasteiger partial charge in [-0.1, -0.05) is 22.9 Å². The van der Waals surface area contributed by atoms with Gasteiger partial charge in [0.15, 0.2) is 0 Å². The first-order valence-corrected chi connectivity index (χ1v) is 5.80. The number of ether oxygens (including phenoxy) is 1. The van der Waals surface area contributed by atoms with Crippen LogP contribution in [0.4, 0.5) is 0 Å². The number of carboxylic acids is 1. The van der Waals surface area contributed by atoms with Gasteiger partial charge in [-0.3, -0.25) is 4.79 Å². The second-order valence-electron chi connectivity index (χ2n) is 3.86. The van der Waals surface area contributed by atoms with Crippen LogP contribution in [0.5, 0.6) is 5.75 Å². The molecular formula is C12H15BrO3. The summed E-state index contributed by atoms with van der Waals surface area (Å²) in [5.41, 5.74) is 1.98. The Labute approximate surface area is 104 Å². The molecule has 0 aliphatic heterocycles. The molecular weight excluding hydrogens is 272 g/mol. The third kappa shape index (κ3) is 2.98. The largest absolute Gasteiger partial charge is 0.496 e. The molecule has 0 saturated heterocycles. The maximum absolute atomic E-state index is 10.8. The number of aliphatic carboxylic acids is 1. The summed E-state index contributed by atoms with van der Waals surface area (Å²) in [6, 6.07) is 3.83. The fraction of sp³-hybridized carbons (Fsp3) is 0.417. The van der Waals surface area contributed by atoms with Gasteiger partial charge in [-0.25, -0.2) is 0 Å². The molecule has 88 valence electrons. The smallest absolute Gasteiger partial charge is 0.306 e. The van der Waals surface area contributed by atoms with Crippen molar-refractivity contribution in [3.63, 3.8) is 0 Å². The first-order chi connectivity index (χ1) is 7.45. The van der Waals surface area contributed by atoms with Crippen LogP contribution in [0.25, 0.3) is 0 Å². The van der Waals surface area contributed by atoms with E-state index in [2.05, 4.69) is 15.9 Å². The Hall–Kier alpha value is -1.03. The third-order valence-corrected chi connectivity index (χ3v) is 3.25. The number of carboxylic acid groups (broad SMARTS) is 1. The second-order valence-corrected chi connectivity index (χ2v) is 4.71. The molecule has 0 aliphatic carbocycles. The minimum absolute atomic E-state index is 0.399. The zero-order valence-electron chi connectivity index (χ0n) is 9.58. The molecule has 0 spiro atoms. The number of hydrogen-bond donors (Lipinski definition) is 1. The van der Waals surface area contributed by atoms with E-state index in [1.54, 1.807) is 14.0 Å². The normalized spacial score (nSPS) is 12.2. The van der Waals surface area contributed by atoms with Crippen molar-refractivity contribution in [1.29, 1.82) is 0 Å². The van der Waals surface area contributed by atoms with Crippen molar-refractivity contribution >= 4 is 21.9 Å². The molecule has 1 N–H and O–H groups in total. The van der Waals surface area contributed by atoms with Crippen LogP contribution < -0.4 is 4.74 Å². The molecule has 1 aromatic rings. The van der Waals surface area contributed by atoms with E-state index in [9.17, 15) is 4.79 Å². The van der Waals surface area contributed by atoms with Gasteiger partial charge in [0, 0.05) is 4.47 Å². The van der Waals surface area contributed by atoms with E-state index in [1.807, 2.05) is 19.1 Å². The van der Waals surface area contributed by atoms with E-state index in [0.29, 0.717) is 6.42 Å². The van der Waals surface area contributed by atoms with Crippen molar-refractivity contribution in [2.45, 2.75) is 20.3 Å². The van der Waals surface area contributed by atoms with Gasteiger partial charge in [-0.05, 0) is 36.6 Å². The molecule has 1 aromatic carbocycles. The molecule has 1 unspecified atom stereocenters. The van der Waals surface area contributed by atoms with E-state index in [4.69, 9.17) is 9.84 Å². The predicted molar refractivity (Wildman–Crippen MR) is 65.9 cm³/mol. The fourth-order valence-electron chi connectivity index (χ4n) is 1.49. The molecule has 0 radical (unpaired) electrons. The average Bonchev–Trinajstić information content (AvgIpc) is 2.21. The highest BCUT2D eigenvalue weighted by Gasteiger charge is 2.14. The predicted octanol–water partition coefficient (Wildman–Crippen LogP) is 3.03. The Morgan fingerprint density at radius 1 is 1.56 bits per heavy atom. The van der Waals surface area contributed by atoms with Crippen molar-refractivity contribution in [3.8, 4) is 5.75 Å². The Morgan fingerprint density at radius 2 is 2.19 bits per heavy atom. The Balaban J connectivity index is 3.00. The van der Waals surface area contributed by atoms with Gasteiger partial charge < -0.3 is 9.84 Å². The topological polar surface area (TPSA) is 46.5 Å². The zero-order chi connectivity index (χ0) is 12.3. The van der Waals surface area contributed by atoms with E-state index < -0.39 is 11.9 Å². The molecule has 0 amide bonds. The van der Waals surface area contributed by atoms with Crippen molar-refractivity contribution in [1.82, 2.24) is 0 Å². The molecule has 0 bridgehead atoms. The quantitative estimate of drug-likeness (QED) is 0.926. The van der Waals surface area contributed by atoms with Crippen LogP contribution in [0, 0.1) is 12.8 Å². The summed E-state index contributed by atoms with van der Waals surface area (Å²) in [5.74, 6) is -0.397. The van der Waals surface area contributed by atoms with Gasteiger partial charge in [-0.2, -0.15) is 0 Å². The Kier molecular flexibility index (Phi) is 4.35. The molecule has 0 heterocycles. The fourth-order valence-corrected chi connectivity index (χ4v) is 2.11. The van der Waals surface area contributed by atoms with Crippen LogP contribution in [0.15, 0.2) is 16.6 Å². The highest BCUT2D eigenvalue weighted by atomic mass is 79.9. The number of benzene rings is 1. The van der Waals surface area contributed by atoms with E-state index >= 15 is 0 Å². The summed E-state index contributed by atoms with van der Waals surface area (Å²) in [6.45, 7) is 3.65. The lowest BCUT2D eigenvalue weighted by Gasteiger charge is -2.12. The summed E-state index contributed by atoms with van der Waals surface area (Å²) < 4.78 is 6.14. The van der Waals surface area contributed by atoms with Crippen molar-refractivity contribution in [2.24, 2.45) is 5.92 Å². The minimum atomic E-state index is -0.786. The third-order valence-electron chi connectivity index (χ3n) is 2.51. The van der Waals surface area contributed by atoms with Crippen LogP contribution >= 0.6 is 15.9 Å². The summed E-state index contributed by atoms with van der Waals surface area (Å²) in [5, 5.41) is 8.87. The van der Waals surface area contributed by atoms with Gasteiger partial charge >= 0.3 is 5.97 Å². The van der Waals surface area contributed by atoms with Gasteiger partial charge in [0.25, 0.3) is 0 Å². The summed E-state index contributed by atoms with van der Waals surface area (Å²) in [6.07, 6.45) is 0.493. The lowest BCUT2D eigenvalue weighted by Crippen LogP contribution is -2.12. The molecule has 0 aromatic heterocycles. The average molecular weight is 287 g/mol. The SMILES string of the molecule is COc1cc(CC(C)C(=O)O)c(Br)cc1C. The number of hydrogen-bond acceptors (Lipinski definition) is 2. The van der Waals surface area contributed by atoms with Gasteiger partial charge in [0.2, 0.25) is 0 Å². The molecule has 4 heteroatoms. The Bertz CT molecular complexity index is 401. The van der Waals surface area contributed by atoms with E-state index in [1.165, 1.54) is 0 Å². The standard InChI is InChI=1S/C12H15BrO3/c1-7-5-10(13)9(6-11(7)16-3)4-8(2)12(14)15/h5-6,8H,4H2,1-3H3,(H,14,15). The minimum Gasteiger partial charge on any atom is -0.496 e. The first-order valence-electron chi connectivity index (χ1n) is 5.01. The van der Waals surface area contributed by atoms with Crippen LogP contribution in [0.3, 0.4) is 0 Å². The monoisotopic (exact) mass is 286 g/mol. The van der Waals surface area contributed by atoms with Crippen LogP contribution in [-0.2, 0) is 11.2 Å². The van der Waals surface area contributed by atoms with Crippen molar-refractivity contribution in [3.05, 3.63) is 27.7 Å². The Morgan fingerprint density at radius 3 is 2.69 bits per heavy atom. The summed E-state index contributed by atoms with van der Waals surface area (Å²) in [7, 11) is 1.61. The number of rotatable bonds is 4. The molecule has 1 rings (SSSR count). The number of carbonyl (C=O) groups is 1. The number of aryl methyl sites for hydroxylation is 1. The summed E-state index contributed by atoms with van der Waals surface area (Å²) in [4.78, 5) is 10.8. The van der Waals surface area contributed by atoms with Crippen molar-refractivity contribution < 1.29 is 14.6 Å². The lowest BCUT2D eigenvalue weighted by molar-refractivity contribution is -0.141. The van der Waals surface area contributed by atoms with Gasteiger partial charge in [0.1, 0.15) is 5.75 Å². The van der Waals surface area contributed by atoms with E-state index in [0.717, 1.165) is 21.3 Å². The second kappa shape index (κ2) is 5.34. The zero-order valence-corrected chi connectivity index (χ0v) is 11.2. The molecule has 3 nitrogen and oxygen atoms in total. The lowest BCUT2D eigenvalue weighted by atomic mass is 10.00. The van der Waals surface area contributed by atoms with Gasteiger partial charge in [0.05, 0.1) is 13.0 Å². The number of halogens is 1.